The molecule has 0 aromatic heterocycles. The molecule has 0 atom stereocenters. The zero-order chi connectivity index (χ0) is 5.82. The van der Waals surface area contributed by atoms with E-state index >= 15 is 0 Å². The quantitative estimate of drug-likeness (QED) is 0.621. The maximum absolute atomic E-state index is 2.15. The summed E-state index contributed by atoms with van der Waals surface area (Å²) in [5.74, 6) is 0. The van der Waals surface area contributed by atoms with Gasteiger partial charge in [0.05, 0.1) is 0 Å². The third-order valence-corrected chi connectivity index (χ3v) is 2.07. The molecule has 1 aromatic rings. The van der Waals surface area contributed by atoms with Crippen molar-refractivity contribution in [1.29, 1.82) is 0 Å². The molecular weight excluding hydrogens is 212 g/mol. The summed E-state index contributed by atoms with van der Waals surface area (Å²) >= 11 is 1.84. The first-order chi connectivity index (χ1) is 3.93. The number of hydrogen-bond acceptors (Lipinski definition) is 0. The molecule has 0 fully saturated rings. The molecule has 1 rings (SSSR count). The van der Waals surface area contributed by atoms with Crippen molar-refractivity contribution < 1.29 is 0 Å². The van der Waals surface area contributed by atoms with E-state index in [-0.39, 0.29) is 0 Å². The van der Waals surface area contributed by atoms with Gasteiger partial charge in [-0.2, -0.15) is 0 Å². The van der Waals surface area contributed by atoms with Crippen LogP contribution in [0.25, 0.3) is 0 Å². The summed E-state index contributed by atoms with van der Waals surface area (Å²) < 4.78 is 1.19. The molecule has 0 saturated carbocycles. The second-order valence-corrected chi connectivity index (χ2v) is 2.55. The molecule has 0 aliphatic heterocycles. The first kappa shape index (κ1) is 6.13. The van der Waals surface area contributed by atoms with E-state index in [1.165, 1.54) is 10.0 Å². The van der Waals surface area contributed by atoms with Gasteiger partial charge in [-0.1, -0.05) is 0 Å². The normalized spacial score (nSPS) is 9.12. The second kappa shape index (κ2) is 3.12. The molecule has 42 valence electrons. The van der Waals surface area contributed by atoms with Crippen LogP contribution in [0.15, 0.2) is 30.3 Å². The van der Waals surface area contributed by atoms with E-state index in [1.807, 2.05) is 28.4 Å². The first-order valence-corrected chi connectivity index (χ1v) is 4.39. The summed E-state index contributed by atoms with van der Waals surface area (Å²) in [5.41, 5.74) is 1.43. The first-order valence-electron chi connectivity index (χ1n) is 2.58. The summed E-state index contributed by atoms with van der Waals surface area (Å²) in [5, 5.41) is 0. The van der Waals surface area contributed by atoms with Gasteiger partial charge in [0, 0.05) is 0 Å². The standard InChI is InChI=1S/C7H8Te/c8-6-7-4-2-1-3-5-7/h1-5,8H,6H2. The van der Waals surface area contributed by atoms with Crippen molar-refractivity contribution in [2.75, 3.05) is 0 Å². The Balaban J connectivity index is 2.83. The van der Waals surface area contributed by atoms with Crippen LogP contribution in [-0.2, 0) is 4.47 Å². The fraction of sp³-hybridized carbons (Fsp3) is 0.143. The van der Waals surface area contributed by atoms with E-state index in [0.29, 0.717) is 0 Å². The molecule has 0 N–H and O–H groups in total. The van der Waals surface area contributed by atoms with Gasteiger partial charge in [-0.3, -0.25) is 0 Å². The molecule has 0 heterocycles. The molecule has 0 radical (unpaired) electrons. The van der Waals surface area contributed by atoms with Crippen LogP contribution in [0.4, 0.5) is 0 Å². The van der Waals surface area contributed by atoms with E-state index in [2.05, 4.69) is 24.3 Å². The van der Waals surface area contributed by atoms with Crippen molar-refractivity contribution in [3.63, 3.8) is 0 Å². The molecule has 0 aliphatic carbocycles. The van der Waals surface area contributed by atoms with Crippen molar-refractivity contribution in [1.82, 2.24) is 0 Å². The summed E-state index contributed by atoms with van der Waals surface area (Å²) in [7, 11) is 0. The van der Waals surface area contributed by atoms with Crippen molar-refractivity contribution in [2.24, 2.45) is 0 Å². The zero-order valence-corrected chi connectivity index (χ0v) is 7.09. The Labute approximate surface area is 62.8 Å². The minimum absolute atomic E-state index is 1.19. The Morgan fingerprint density at radius 2 is 1.75 bits per heavy atom. The summed E-state index contributed by atoms with van der Waals surface area (Å²) in [6.07, 6.45) is 0. The van der Waals surface area contributed by atoms with E-state index in [4.69, 9.17) is 0 Å². The predicted octanol–water partition coefficient (Wildman–Crippen LogP) is 1.09. The molecule has 0 bridgehead atoms. The Bertz CT molecular complexity index is 146. The molecule has 0 amide bonds. The van der Waals surface area contributed by atoms with Crippen molar-refractivity contribution in [3.8, 4) is 0 Å². The van der Waals surface area contributed by atoms with Gasteiger partial charge in [0.2, 0.25) is 0 Å². The van der Waals surface area contributed by atoms with Crippen LogP contribution in [-0.4, -0.2) is 22.3 Å². The summed E-state index contributed by atoms with van der Waals surface area (Å²) in [6, 6.07) is 10.5. The molecule has 0 nitrogen and oxygen atoms in total. The third-order valence-electron chi connectivity index (χ3n) is 1.03. The van der Waals surface area contributed by atoms with Gasteiger partial charge in [-0.15, -0.1) is 0 Å². The monoisotopic (exact) mass is 222 g/mol. The van der Waals surface area contributed by atoms with E-state index < -0.39 is 0 Å². The van der Waals surface area contributed by atoms with Crippen LogP contribution >= 0.6 is 0 Å². The van der Waals surface area contributed by atoms with Gasteiger partial charge in [-0.05, 0) is 0 Å². The number of rotatable bonds is 1. The van der Waals surface area contributed by atoms with E-state index in [0.717, 1.165) is 0 Å². The Morgan fingerprint density at radius 1 is 1.12 bits per heavy atom. The molecule has 0 saturated heterocycles. The molecular formula is C7H8Te. The second-order valence-electron chi connectivity index (χ2n) is 1.64. The van der Waals surface area contributed by atoms with Gasteiger partial charge in [-0.25, -0.2) is 0 Å². The zero-order valence-electron chi connectivity index (χ0n) is 4.54. The topological polar surface area (TPSA) is 0 Å². The van der Waals surface area contributed by atoms with Crippen LogP contribution in [0.3, 0.4) is 0 Å². The van der Waals surface area contributed by atoms with Crippen molar-refractivity contribution >= 4 is 22.3 Å². The van der Waals surface area contributed by atoms with E-state index in [1.54, 1.807) is 0 Å². The predicted molar refractivity (Wildman–Crippen MR) is 37.3 cm³/mol. The van der Waals surface area contributed by atoms with Crippen LogP contribution in [0.1, 0.15) is 5.56 Å². The SMILES string of the molecule is [TeH]Cc1ccccc1. The third kappa shape index (κ3) is 1.51. The molecule has 0 aliphatic rings. The molecule has 0 spiro atoms. The van der Waals surface area contributed by atoms with E-state index in [9.17, 15) is 0 Å². The summed E-state index contributed by atoms with van der Waals surface area (Å²) in [6.45, 7) is 0. The average Bonchev–Trinajstić information content (AvgIpc) is 1.90. The van der Waals surface area contributed by atoms with Gasteiger partial charge in [0.15, 0.2) is 0 Å². The Morgan fingerprint density at radius 3 is 2.12 bits per heavy atom. The van der Waals surface area contributed by atoms with Crippen LogP contribution in [0.2, 0.25) is 0 Å². The maximum atomic E-state index is 2.15. The van der Waals surface area contributed by atoms with Crippen molar-refractivity contribution in [2.45, 2.75) is 4.47 Å². The van der Waals surface area contributed by atoms with Gasteiger partial charge in [0.1, 0.15) is 0 Å². The van der Waals surface area contributed by atoms with Gasteiger partial charge >= 0.3 is 62.7 Å². The number of hydrogen-bond donors (Lipinski definition) is 0. The van der Waals surface area contributed by atoms with Gasteiger partial charge < -0.3 is 0 Å². The molecule has 1 heteroatoms. The minimum atomic E-state index is 1.19. The molecule has 0 unspecified atom stereocenters. The molecule has 1 aromatic carbocycles. The van der Waals surface area contributed by atoms with Crippen LogP contribution in [0, 0.1) is 0 Å². The Hall–Kier alpha value is 0.00961. The average molecular weight is 220 g/mol. The number of benzene rings is 1. The van der Waals surface area contributed by atoms with Crippen molar-refractivity contribution in [3.05, 3.63) is 35.9 Å². The molecule has 8 heavy (non-hydrogen) atoms. The fourth-order valence-corrected chi connectivity index (χ4v) is 1.19. The van der Waals surface area contributed by atoms with Crippen LogP contribution < -0.4 is 0 Å². The van der Waals surface area contributed by atoms with Gasteiger partial charge in [0.25, 0.3) is 0 Å². The fourth-order valence-electron chi connectivity index (χ4n) is 0.583. The Kier molecular flexibility index (Phi) is 2.39. The summed E-state index contributed by atoms with van der Waals surface area (Å²) in [4.78, 5) is 0. The van der Waals surface area contributed by atoms with Crippen LogP contribution in [0.5, 0.6) is 0 Å².